The summed E-state index contributed by atoms with van der Waals surface area (Å²) < 4.78 is 12.9. The van der Waals surface area contributed by atoms with Gasteiger partial charge in [0.2, 0.25) is 0 Å². The Labute approximate surface area is 151 Å². The largest absolute Gasteiger partial charge is 0.488 e. The molecule has 0 aliphatic heterocycles. The van der Waals surface area contributed by atoms with Gasteiger partial charge in [-0.25, -0.2) is 0 Å². The van der Waals surface area contributed by atoms with E-state index < -0.39 is 0 Å². The fourth-order valence-corrected chi connectivity index (χ4v) is 2.70. The second kappa shape index (κ2) is 7.43. The lowest BCUT2D eigenvalue weighted by molar-refractivity contribution is 0.101. The van der Waals surface area contributed by atoms with Crippen LogP contribution in [0.25, 0.3) is 0 Å². The van der Waals surface area contributed by atoms with E-state index in [1.165, 1.54) is 0 Å². The number of hydrogen-bond donors (Lipinski definition) is 1. The first-order valence-corrected chi connectivity index (χ1v) is 8.47. The van der Waals surface area contributed by atoms with E-state index >= 15 is 0 Å². The second-order valence-corrected chi connectivity index (χ2v) is 6.11. The standard InChI is InChI=1S/C19H22N4O3/c1-5-23-10-15(9-20-23)21-19(24)17-16(14(4)26-22-17)11-25-18-12(2)7-6-8-13(18)3/h6-10H,5,11H2,1-4H3,(H,21,24). The molecule has 2 aromatic heterocycles. The molecule has 7 heteroatoms. The molecular formula is C19H22N4O3. The zero-order chi connectivity index (χ0) is 18.7. The van der Waals surface area contributed by atoms with Crippen LogP contribution >= 0.6 is 0 Å². The normalized spacial score (nSPS) is 10.8. The van der Waals surface area contributed by atoms with E-state index in [9.17, 15) is 4.79 Å². The van der Waals surface area contributed by atoms with Crippen LogP contribution in [-0.2, 0) is 13.2 Å². The number of ether oxygens (including phenoxy) is 1. The highest BCUT2D eigenvalue weighted by Crippen LogP contribution is 2.25. The van der Waals surface area contributed by atoms with Crippen molar-refractivity contribution in [2.24, 2.45) is 0 Å². The Hall–Kier alpha value is -3.09. The van der Waals surface area contributed by atoms with Crippen molar-refractivity contribution in [3.05, 3.63) is 58.7 Å². The van der Waals surface area contributed by atoms with Crippen LogP contribution in [0.5, 0.6) is 5.75 Å². The minimum absolute atomic E-state index is 0.206. The smallest absolute Gasteiger partial charge is 0.278 e. The number of carbonyl (C=O) groups excluding carboxylic acids is 1. The van der Waals surface area contributed by atoms with E-state index in [1.54, 1.807) is 24.0 Å². The van der Waals surface area contributed by atoms with Gasteiger partial charge in [0.1, 0.15) is 18.1 Å². The summed E-state index contributed by atoms with van der Waals surface area (Å²) in [5.74, 6) is 1.02. The number of benzene rings is 1. The van der Waals surface area contributed by atoms with Crippen LogP contribution in [0.2, 0.25) is 0 Å². The zero-order valence-electron chi connectivity index (χ0n) is 15.4. The van der Waals surface area contributed by atoms with E-state index in [-0.39, 0.29) is 18.2 Å². The van der Waals surface area contributed by atoms with E-state index in [4.69, 9.17) is 9.26 Å². The summed E-state index contributed by atoms with van der Waals surface area (Å²) >= 11 is 0. The fourth-order valence-electron chi connectivity index (χ4n) is 2.70. The number of rotatable bonds is 6. The van der Waals surface area contributed by atoms with Crippen LogP contribution in [0.1, 0.15) is 39.9 Å². The van der Waals surface area contributed by atoms with Crippen LogP contribution in [-0.4, -0.2) is 20.8 Å². The van der Waals surface area contributed by atoms with Crippen molar-refractivity contribution in [2.75, 3.05) is 5.32 Å². The molecule has 3 rings (SSSR count). The first kappa shape index (κ1) is 17.7. The first-order valence-electron chi connectivity index (χ1n) is 8.47. The quantitative estimate of drug-likeness (QED) is 0.731. The van der Waals surface area contributed by atoms with Crippen molar-refractivity contribution < 1.29 is 14.1 Å². The molecule has 2 heterocycles. The van der Waals surface area contributed by atoms with Gasteiger partial charge in [0.05, 0.1) is 17.4 Å². The van der Waals surface area contributed by atoms with Crippen molar-refractivity contribution in [3.8, 4) is 5.75 Å². The summed E-state index contributed by atoms with van der Waals surface area (Å²) in [5.41, 5.74) is 3.54. The molecule has 0 spiro atoms. The molecule has 1 aromatic carbocycles. The summed E-state index contributed by atoms with van der Waals surface area (Å²) in [4.78, 5) is 12.6. The minimum atomic E-state index is -0.349. The van der Waals surface area contributed by atoms with Gasteiger partial charge in [0.25, 0.3) is 5.91 Å². The lowest BCUT2D eigenvalue weighted by atomic mass is 10.1. The minimum Gasteiger partial charge on any atom is -0.488 e. The van der Waals surface area contributed by atoms with Gasteiger partial charge in [-0.3, -0.25) is 9.48 Å². The molecule has 0 aliphatic rings. The highest BCUT2D eigenvalue weighted by atomic mass is 16.5. The predicted molar refractivity (Wildman–Crippen MR) is 97.3 cm³/mol. The number of para-hydroxylation sites is 1. The Kier molecular flexibility index (Phi) is 5.06. The summed E-state index contributed by atoms with van der Waals surface area (Å²) in [7, 11) is 0. The number of nitrogens with one attached hydrogen (secondary N) is 1. The van der Waals surface area contributed by atoms with Crippen LogP contribution in [0.3, 0.4) is 0 Å². The topological polar surface area (TPSA) is 82.2 Å². The number of hydrogen-bond acceptors (Lipinski definition) is 5. The molecule has 1 N–H and O–H groups in total. The Morgan fingerprint density at radius 1 is 1.27 bits per heavy atom. The van der Waals surface area contributed by atoms with E-state index in [0.29, 0.717) is 17.0 Å². The monoisotopic (exact) mass is 354 g/mol. The Balaban J connectivity index is 1.77. The van der Waals surface area contributed by atoms with E-state index in [1.807, 2.05) is 39.0 Å². The molecule has 0 bridgehead atoms. The zero-order valence-corrected chi connectivity index (χ0v) is 15.4. The molecule has 0 radical (unpaired) electrons. The molecule has 0 saturated heterocycles. The van der Waals surface area contributed by atoms with Crippen LogP contribution < -0.4 is 10.1 Å². The first-order chi connectivity index (χ1) is 12.5. The molecule has 26 heavy (non-hydrogen) atoms. The maximum absolute atomic E-state index is 12.6. The average Bonchev–Trinajstić information content (AvgIpc) is 3.21. The molecular weight excluding hydrogens is 332 g/mol. The SMILES string of the molecule is CCn1cc(NC(=O)c2noc(C)c2COc2c(C)cccc2C)cn1. The van der Waals surface area contributed by atoms with Crippen LogP contribution in [0, 0.1) is 20.8 Å². The van der Waals surface area contributed by atoms with Gasteiger partial charge in [-0.15, -0.1) is 0 Å². The summed E-state index contributed by atoms with van der Waals surface area (Å²) in [6.07, 6.45) is 3.36. The van der Waals surface area contributed by atoms with Crippen LogP contribution in [0.15, 0.2) is 35.1 Å². The van der Waals surface area contributed by atoms with Gasteiger partial charge in [-0.1, -0.05) is 23.4 Å². The van der Waals surface area contributed by atoms with Gasteiger partial charge >= 0.3 is 0 Å². The van der Waals surface area contributed by atoms with Crippen molar-refractivity contribution in [2.45, 2.75) is 40.8 Å². The maximum Gasteiger partial charge on any atom is 0.278 e. The lowest BCUT2D eigenvalue weighted by Gasteiger charge is -2.12. The summed E-state index contributed by atoms with van der Waals surface area (Å²) in [6, 6.07) is 5.96. The van der Waals surface area contributed by atoms with E-state index in [2.05, 4.69) is 15.6 Å². The van der Waals surface area contributed by atoms with Crippen molar-refractivity contribution in [3.63, 3.8) is 0 Å². The van der Waals surface area contributed by atoms with Gasteiger partial charge in [-0.2, -0.15) is 5.10 Å². The number of carbonyl (C=O) groups is 1. The van der Waals surface area contributed by atoms with Gasteiger partial charge in [-0.05, 0) is 38.8 Å². The number of anilines is 1. The lowest BCUT2D eigenvalue weighted by Crippen LogP contribution is -2.15. The van der Waals surface area contributed by atoms with Gasteiger partial charge in [0, 0.05) is 12.7 Å². The molecule has 0 saturated carbocycles. The number of amides is 1. The number of aryl methyl sites for hydroxylation is 4. The molecule has 7 nitrogen and oxygen atoms in total. The molecule has 0 unspecified atom stereocenters. The summed E-state index contributed by atoms with van der Waals surface area (Å²) in [5, 5.41) is 10.8. The third-order valence-corrected chi connectivity index (χ3v) is 4.18. The molecule has 3 aromatic rings. The second-order valence-electron chi connectivity index (χ2n) is 6.11. The molecule has 0 fully saturated rings. The van der Waals surface area contributed by atoms with Crippen molar-refractivity contribution in [1.82, 2.24) is 14.9 Å². The Morgan fingerprint density at radius 2 is 2.00 bits per heavy atom. The summed E-state index contributed by atoms with van der Waals surface area (Å²) in [6.45, 7) is 8.65. The maximum atomic E-state index is 12.6. The molecule has 1 amide bonds. The molecule has 136 valence electrons. The molecule has 0 aliphatic carbocycles. The van der Waals surface area contributed by atoms with Gasteiger partial charge < -0.3 is 14.6 Å². The van der Waals surface area contributed by atoms with Gasteiger partial charge in [0.15, 0.2) is 5.69 Å². The Morgan fingerprint density at radius 3 is 2.65 bits per heavy atom. The highest BCUT2D eigenvalue weighted by Gasteiger charge is 2.21. The third-order valence-electron chi connectivity index (χ3n) is 4.18. The number of aromatic nitrogens is 3. The van der Waals surface area contributed by atoms with Crippen molar-refractivity contribution >= 4 is 11.6 Å². The third kappa shape index (κ3) is 3.61. The number of nitrogens with zero attached hydrogens (tertiary/aromatic N) is 3. The predicted octanol–water partition coefficient (Wildman–Crippen LogP) is 3.65. The molecule has 0 atom stereocenters. The Bertz CT molecular complexity index is 907. The van der Waals surface area contributed by atoms with Crippen LogP contribution in [0.4, 0.5) is 5.69 Å². The van der Waals surface area contributed by atoms with E-state index in [0.717, 1.165) is 23.4 Å². The fraction of sp³-hybridized carbons (Fsp3) is 0.316. The average molecular weight is 354 g/mol. The highest BCUT2D eigenvalue weighted by molar-refractivity contribution is 6.03. The van der Waals surface area contributed by atoms with Crippen molar-refractivity contribution in [1.29, 1.82) is 0 Å².